The lowest BCUT2D eigenvalue weighted by Crippen LogP contribution is -2.57. The summed E-state index contributed by atoms with van der Waals surface area (Å²) in [5.41, 5.74) is 3.26. The third kappa shape index (κ3) is 4.74. The van der Waals surface area contributed by atoms with Gasteiger partial charge in [-0.2, -0.15) is 0 Å². The second kappa shape index (κ2) is 9.43. The number of urea groups is 1. The van der Waals surface area contributed by atoms with E-state index in [1.165, 1.54) is 5.56 Å². The molecule has 31 heavy (non-hydrogen) atoms. The first-order valence-electron chi connectivity index (χ1n) is 10.4. The monoisotopic (exact) mass is 414 g/mol. The molecule has 2 amide bonds. The summed E-state index contributed by atoms with van der Waals surface area (Å²) in [6, 6.07) is 23.9. The minimum Gasteiger partial charge on any atom is -0.389 e. The minimum atomic E-state index is -0.836. The molecule has 0 spiro atoms. The highest BCUT2D eigenvalue weighted by Crippen LogP contribution is 2.36. The van der Waals surface area contributed by atoms with E-state index in [-0.39, 0.29) is 12.1 Å². The maximum absolute atomic E-state index is 12.6. The van der Waals surface area contributed by atoms with E-state index in [9.17, 15) is 4.79 Å². The van der Waals surface area contributed by atoms with Crippen molar-refractivity contribution < 1.29 is 9.63 Å². The smallest absolute Gasteiger partial charge is 0.315 e. The van der Waals surface area contributed by atoms with Crippen LogP contribution in [-0.4, -0.2) is 29.9 Å². The SMILES string of the molecule is CNC(=O)NC(Cc1ccccc1)(c1cccnc1)C1CC(Cc2ccccc2)=NO1. The Morgan fingerprint density at radius 3 is 2.39 bits per heavy atom. The van der Waals surface area contributed by atoms with Crippen LogP contribution in [0.25, 0.3) is 0 Å². The predicted molar refractivity (Wildman–Crippen MR) is 121 cm³/mol. The van der Waals surface area contributed by atoms with E-state index in [2.05, 4.69) is 45.0 Å². The molecule has 2 unspecified atom stereocenters. The van der Waals surface area contributed by atoms with Gasteiger partial charge in [0.25, 0.3) is 0 Å². The lowest BCUT2D eigenvalue weighted by Gasteiger charge is -2.38. The lowest BCUT2D eigenvalue weighted by atomic mass is 9.78. The van der Waals surface area contributed by atoms with Gasteiger partial charge in [-0.25, -0.2) is 4.79 Å². The Morgan fingerprint density at radius 2 is 1.74 bits per heavy atom. The van der Waals surface area contributed by atoms with Crippen molar-refractivity contribution in [1.82, 2.24) is 15.6 Å². The molecule has 0 bridgehead atoms. The molecule has 4 rings (SSSR count). The second-order valence-electron chi connectivity index (χ2n) is 7.70. The summed E-state index contributed by atoms with van der Waals surface area (Å²) in [4.78, 5) is 22.9. The zero-order valence-electron chi connectivity index (χ0n) is 17.5. The highest BCUT2D eigenvalue weighted by Gasteiger charge is 2.46. The van der Waals surface area contributed by atoms with Crippen LogP contribution in [0.5, 0.6) is 0 Å². The van der Waals surface area contributed by atoms with Crippen molar-refractivity contribution in [2.45, 2.75) is 30.9 Å². The van der Waals surface area contributed by atoms with Crippen LogP contribution >= 0.6 is 0 Å². The molecular formula is C25H26N4O2. The third-order valence-electron chi connectivity index (χ3n) is 5.60. The molecular weight excluding hydrogens is 388 g/mol. The Bertz CT molecular complexity index is 1030. The average Bonchev–Trinajstić information content (AvgIpc) is 3.29. The lowest BCUT2D eigenvalue weighted by molar-refractivity contribution is 0.0101. The van der Waals surface area contributed by atoms with Crippen LogP contribution in [0.15, 0.2) is 90.3 Å². The summed E-state index contributed by atoms with van der Waals surface area (Å²) in [5.74, 6) is 0. The number of aromatic nitrogens is 1. The molecule has 2 aromatic carbocycles. The number of benzene rings is 2. The summed E-state index contributed by atoms with van der Waals surface area (Å²) < 4.78 is 0. The first-order chi connectivity index (χ1) is 15.2. The molecule has 3 aromatic rings. The van der Waals surface area contributed by atoms with Gasteiger partial charge in [0.05, 0.1) is 5.71 Å². The first-order valence-corrected chi connectivity index (χ1v) is 10.4. The molecule has 1 aromatic heterocycles. The second-order valence-corrected chi connectivity index (χ2v) is 7.70. The van der Waals surface area contributed by atoms with Gasteiger partial charge in [0.1, 0.15) is 5.54 Å². The van der Waals surface area contributed by atoms with E-state index < -0.39 is 5.54 Å². The zero-order valence-corrected chi connectivity index (χ0v) is 17.5. The average molecular weight is 415 g/mol. The molecule has 0 radical (unpaired) electrons. The number of oxime groups is 1. The summed E-state index contributed by atoms with van der Waals surface area (Å²) in [7, 11) is 1.61. The minimum absolute atomic E-state index is 0.278. The van der Waals surface area contributed by atoms with Gasteiger partial charge in [0, 0.05) is 44.3 Å². The van der Waals surface area contributed by atoms with Crippen molar-refractivity contribution >= 4 is 11.7 Å². The summed E-state index contributed by atoms with van der Waals surface area (Å²) in [5, 5.41) is 10.3. The Balaban J connectivity index is 1.68. The van der Waals surface area contributed by atoms with Gasteiger partial charge >= 0.3 is 6.03 Å². The van der Waals surface area contributed by atoms with E-state index in [4.69, 9.17) is 4.84 Å². The summed E-state index contributed by atoms with van der Waals surface area (Å²) in [6.07, 6.45) is 5.02. The van der Waals surface area contributed by atoms with Crippen molar-refractivity contribution in [2.24, 2.45) is 5.16 Å². The standard InChI is InChI=1S/C25H26N4O2/c1-26-24(30)28-25(21-13-8-14-27-18-21,17-20-11-6-3-7-12-20)23-16-22(29-31-23)15-19-9-4-2-5-10-19/h2-14,18,23H,15-17H2,1H3,(H2,26,28,30). The van der Waals surface area contributed by atoms with Gasteiger partial charge in [-0.3, -0.25) is 4.98 Å². The van der Waals surface area contributed by atoms with Gasteiger partial charge in [-0.1, -0.05) is 71.9 Å². The largest absolute Gasteiger partial charge is 0.389 e. The number of pyridine rings is 1. The van der Waals surface area contributed by atoms with E-state index in [0.717, 1.165) is 16.8 Å². The molecule has 0 saturated carbocycles. The number of nitrogens with one attached hydrogen (secondary N) is 2. The van der Waals surface area contributed by atoms with Gasteiger partial charge in [-0.05, 0) is 17.2 Å². The highest BCUT2D eigenvalue weighted by molar-refractivity contribution is 5.88. The van der Waals surface area contributed by atoms with E-state index >= 15 is 0 Å². The van der Waals surface area contributed by atoms with Crippen LogP contribution in [-0.2, 0) is 23.2 Å². The fraction of sp³-hybridized carbons (Fsp3) is 0.240. The number of carbonyl (C=O) groups is 1. The van der Waals surface area contributed by atoms with Gasteiger partial charge in [0.2, 0.25) is 0 Å². The van der Waals surface area contributed by atoms with Crippen LogP contribution in [0.3, 0.4) is 0 Å². The Hall–Kier alpha value is -3.67. The van der Waals surface area contributed by atoms with E-state index in [0.29, 0.717) is 19.3 Å². The molecule has 6 nitrogen and oxygen atoms in total. The van der Waals surface area contributed by atoms with E-state index in [1.807, 2.05) is 48.5 Å². The number of hydrogen-bond donors (Lipinski definition) is 2. The van der Waals surface area contributed by atoms with Gasteiger partial charge < -0.3 is 15.5 Å². The zero-order chi connectivity index (χ0) is 21.5. The summed E-state index contributed by atoms with van der Waals surface area (Å²) in [6.45, 7) is 0. The maximum atomic E-state index is 12.6. The third-order valence-corrected chi connectivity index (χ3v) is 5.60. The van der Waals surface area contributed by atoms with Crippen LogP contribution in [0, 0.1) is 0 Å². The predicted octanol–water partition coefficient (Wildman–Crippen LogP) is 3.84. The Kier molecular flexibility index (Phi) is 6.26. The Morgan fingerprint density at radius 1 is 1.03 bits per heavy atom. The van der Waals surface area contributed by atoms with Gasteiger partial charge in [-0.15, -0.1) is 0 Å². The van der Waals surface area contributed by atoms with Crippen molar-refractivity contribution in [1.29, 1.82) is 0 Å². The summed E-state index contributed by atoms with van der Waals surface area (Å²) >= 11 is 0. The van der Waals surface area contributed by atoms with Crippen molar-refractivity contribution in [2.75, 3.05) is 7.05 Å². The molecule has 2 heterocycles. The Labute approximate surface area is 182 Å². The normalized spacial score (nSPS) is 17.2. The molecule has 0 aliphatic carbocycles. The van der Waals surface area contributed by atoms with Crippen molar-refractivity contribution in [3.8, 4) is 0 Å². The fourth-order valence-corrected chi connectivity index (χ4v) is 4.04. The van der Waals surface area contributed by atoms with Gasteiger partial charge in [0.15, 0.2) is 6.10 Å². The van der Waals surface area contributed by atoms with Crippen LogP contribution in [0.4, 0.5) is 4.79 Å². The fourth-order valence-electron chi connectivity index (χ4n) is 4.04. The first kappa shape index (κ1) is 20.6. The van der Waals surface area contributed by atoms with Crippen LogP contribution < -0.4 is 10.6 Å². The maximum Gasteiger partial charge on any atom is 0.315 e. The molecule has 0 fully saturated rings. The van der Waals surface area contributed by atoms with E-state index in [1.54, 1.807) is 19.4 Å². The number of rotatable bonds is 7. The number of nitrogens with zero attached hydrogens (tertiary/aromatic N) is 2. The van der Waals surface area contributed by atoms with Crippen molar-refractivity contribution in [3.63, 3.8) is 0 Å². The molecule has 2 N–H and O–H groups in total. The van der Waals surface area contributed by atoms with Crippen molar-refractivity contribution in [3.05, 3.63) is 102 Å². The molecule has 158 valence electrons. The molecule has 2 atom stereocenters. The molecule has 1 aliphatic rings. The molecule has 1 aliphatic heterocycles. The topological polar surface area (TPSA) is 75.6 Å². The van der Waals surface area contributed by atoms with Crippen LogP contribution in [0.1, 0.15) is 23.1 Å². The quantitative estimate of drug-likeness (QED) is 0.617. The highest BCUT2D eigenvalue weighted by atomic mass is 16.6. The number of amides is 2. The number of hydrogen-bond acceptors (Lipinski definition) is 4. The molecule has 6 heteroatoms. The van der Waals surface area contributed by atoms with Crippen LogP contribution in [0.2, 0.25) is 0 Å². The molecule has 0 saturated heterocycles. The number of carbonyl (C=O) groups excluding carboxylic acids is 1.